The molecule has 1 aromatic heterocycles. The normalized spacial score (nSPS) is 17.3. The number of likely N-dealkylation sites (tertiary alicyclic amines) is 1. The van der Waals surface area contributed by atoms with Gasteiger partial charge in [0.2, 0.25) is 5.91 Å². The molecule has 0 unspecified atom stereocenters. The molecule has 5 nitrogen and oxygen atoms in total. The van der Waals surface area contributed by atoms with E-state index in [2.05, 4.69) is 9.97 Å². The first-order chi connectivity index (χ1) is 10.9. The van der Waals surface area contributed by atoms with Crippen molar-refractivity contribution in [1.29, 1.82) is 0 Å². The number of rotatable bonds is 2. The molecule has 2 heterocycles. The van der Waals surface area contributed by atoms with E-state index in [1.165, 1.54) is 14.0 Å². The third kappa shape index (κ3) is 2.85. The van der Waals surface area contributed by atoms with Gasteiger partial charge in [0.15, 0.2) is 0 Å². The molecule has 1 aliphatic rings. The Morgan fingerprint density at radius 2 is 2.04 bits per heavy atom. The van der Waals surface area contributed by atoms with E-state index in [0.29, 0.717) is 30.2 Å². The van der Waals surface area contributed by atoms with Crippen LogP contribution in [0.25, 0.3) is 10.9 Å². The van der Waals surface area contributed by atoms with Crippen molar-refractivity contribution in [2.75, 3.05) is 20.2 Å². The Labute approximate surface area is 134 Å². The Hall–Kier alpha value is -2.24. The molecule has 0 spiro atoms. The minimum absolute atomic E-state index is 0.0126. The fourth-order valence-corrected chi connectivity index (χ4v) is 3.12. The summed E-state index contributed by atoms with van der Waals surface area (Å²) in [5.41, 5.74) is -0.248. The quantitative estimate of drug-likeness (QED) is 0.854. The van der Waals surface area contributed by atoms with Crippen LogP contribution in [0, 0.1) is 6.92 Å². The lowest BCUT2D eigenvalue weighted by atomic mass is 9.85. The summed E-state index contributed by atoms with van der Waals surface area (Å²) in [5.74, 6) is 1.15. The van der Waals surface area contributed by atoms with Crippen LogP contribution in [0.1, 0.15) is 31.2 Å². The molecule has 0 atom stereocenters. The van der Waals surface area contributed by atoms with E-state index >= 15 is 4.39 Å². The summed E-state index contributed by atoms with van der Waals surface area (Å²) in [6, 6.07) is 3.54. The molecule has 6 heteroatoms. The van der Waals surface area contributed by atoms with Gasteiger partial charge in [-0.15, -0.1) is 0 Å². The molecule has 0 saturated carbocycles. The molecule has 3 rings (SSSR count). The molecule has 1 aliphatic heterocycles. The summed E-state index contributed by atoms with van der Waals surface area (Å²) in [5, 5.41) is 0.789. The van der Waals surface area contributed by atoms with Gasteiger partial charge in [-0.05, 0) is 13.0 Å². The molecular weight excluding hydrogens is 297 g/mol. The van der Waals surface area contributed by atoms with Gasteiger partial charge in [0.1, 0.15) is 17.2 Å². The second-order valence-corrected chi connectivity index (χ2v) is 6.00. The number of alkyl halides is 1. The Balaban J connectivity index is 2.01. The van der Waals surface area contributed by atoms with Crippen molar-refractivity contribution in [2.45, 2.75) is 32.4 Å². The standard InChI is InChI=1S/C17H20FN3O2/c1-11-19-10-13-8-14(16(23-3)9-15(13)20-11)17(18)4-6-21(7-5-17)12(2)22/h8-10H,4-7H2,1-3H3. The first-order valence-electron chi connectivity index (χ1n) is 7.69. The minimum atomic E-state index is -1.50. The Bertz CT molecular complexity index is 755. The number of aromatic nitrogens is 2. The van der Waals surface area contributed by atoms with Crippen molar-refractivity contribution < 1.29 is 13.9 Å². The summed E-state index contributed by atoms with van der Waals surface area (Å²) in [6.45, 7) is 4.16. The lowest BCUT2D eigenvalue weighted by Crippen LogP contribution is -2.42. The highest BCUT2D eigenvalue weighted by atomic mass is 19.1. The summed E-state index contributed by atoms with van der Waals surface area (Å²) < 4.78 is 20.9. The zero-order chi connectivity index (χ0) is 16.6. The van der Waals surface area contributed by atoms with Crippen LogP contribution in [0.5, 0.6) is 5.75 Å². The van der Waals surface area contributed by atoms with Crippen LogP contribution in [0.15, 0.2) is 18.3 Å². The predicted octanol–water partition coefficient (Wildman–Crippen LogP) is 2.75. The first-order valence-corrected chi connectivity index (χ1v) is 7.69. The van der Waals surface area contributed by atoms with Gasteiger partial charge in [-0.25, -0.2) is 14.4 Å². The fraction of sp³-hybridized carbons (Fsp3) is 0.471. The molecule has 0 N–H and O–H groups in total. The number of benzene rings is 1. The number of ether oxygens (including phenoxy) is 1. The van der Waals surface area contributed by atoms with E-state index in [9.17, 15) is 4.79 Å². The van der Waals surface area contributed by atoms with E-state index in [4.69, 9.17) is 4.74 Å². The summed E-state index contributed by atoms with van der Waals surface area (Å²) in [4.78, 5) is 21.7. The molecular formula is C17H20FN3O2. The highest BCUT2D eigenvalue weighted by molar-refractivity contribution is 5.81. The van der Waals surface area contributed by atoms with Gasteiger partial charge in [-0.3, -0.25) is 4.79 Å². The topological polar surface area (TPSA) is 55.3 Å². The van der Waals surface area contributed by atoms with Gasteiger partial charge in [0, 0.05) is 56.1 Å². The second kappa shape index (κ2) is 5.76. The van der Waals surface area contributed by atoms with Gasteiger partial charge in [0.25, 0.3) is 0 Å². The van der Waals surface area contributed by atoms with Crippen molar-refractivity contribution in [2.24, 2.45) is 0 Å². The number of piperidine rings is 1. The number of carbonyl (C=O) groups is 1. The lowest BCUT2D eigenvalue weighted by Gasteiger charge is -2.36. The van der Waals surface area contributed by atoms with Crippen LogP contribution >= 0.6 is 0 Å². The lowest BCUT2D eigenvalue weighted by molar-refractivity contribution is -0.131. The highest BCUT2D eigenvalue weighted by Crippen LogP contribution is 2.42. The Kier molecular flexibility index (Phi) is 3.92. The van der Waals surface area contributed by atoms with Crippen molar-refractivity contribution in [3.63, 3.8) is 0 Å². The molecule has 0 radical (unpaired) electrons. The maximum Gasteiger partial charge on any atom is 0.219 e. The third-order valence-electron chi connectivity index (χ3n) is 4.51. The van der Waals surface area contributed by atoms with Gasteiger partial charge in [0.05, 0.1) is 12.6 Å². The number of halogens is 1. The van der Waals surface area contributed by atoms with Crippen LogP contribution in [0.3, 0.4) is 0 Å². The number of nitrogens with zero attached hydrogens (tertiary/aromatic N) is 3. The molecule has 23 heavy (non-hydrogen) atoms. The van der Waals surface area contributed by atoms with Crippen molar-refractivity contribution in [3.05, 3.63) is 29.7 Å². The highest BCUT2D eigenvalue weighted by Gasteiger charge is 2.39. The molecule has 1 saturated heterocycles. The second-order valence-electron chi connectivity index (χ2n) is 6.00. The molecule has 2 aromatic rings. The maximum absolute atomic E-state index is 15.5. The molecule has 0 aliphatic carbocycles. The van der Waals surface area contributed by atoms with Crippen LogP contribution in [0.2, 0.25) is 0 Å². The number of hydrogen-bond donors (Lipinski definition) is 0. The summed E-state index contributed by atoms with van der Waals surface area (Å²) >= 11 is 0. The molecule has 1 fully saturated rings. The van der Waals surface area contributed by atoms with E-state index < -0.39 is 5.67 Å². The number of carbonyl (C=O) groups excluding carboxylic acids is 1. The number of methoxy groups -OCH3 is 1. The van der Waals surface area contributed by atoms with Crippen LogP contribution < -0.4 is 4.74 Å². The Morgan fingerprint density at radius 1 is 1.35 bits per heavy atom. The van der Waals surface area contributed by atoms with Crippen LogP contribution in [-0.2, 0) is 10.5 Å². The van der Waals surface area contributed by atoms with E-state index in [1.54, 1.807) is 23.2 Å². The zero-order valence-corrected chi connectivity index (χ0v) is 13.6. The van der Waals surface area contributed by atoms with E-state index in [0.717, 1.165) is 10.9 Å². The minimum Gasteiger partial charge on any atom is -0.496 e. The van der Waals surface area contributed by atoms with Crippen LogP contribution in [0.4, 0.5) is 4.39 Å². The molecule has 1 aromatic carbocycles. The first kappa shape index (κ1) is 15.6. The van der Waals surface area contributed by atoms with Gasteiger partial charge in [-0.1, -0.05) is 0 Å². The number of hydrogen-bond acceptors (Lipinski definition) is 4. The predicted molar refractivity (Wildman–Crippen MR) is 85.1 cm³/mol. The van der Waals surface area contributed by atoms with Gasteiger partial charge in [-0.2, -0.15) is 0 Å². The van der Waals surface area contributed by atoms with E-state index in [-0.39, 0.29) is 18.7 Å². The number of aryl methyl sites for hydroxylation is 1. The zero-order valence-electron chi connectivity index (χ0n) is 13.6. The maximum atomic E-state index is 15.5. The number of fused-ring (bicyclic) bond motifs is 1. The van der Waals surface area contributed by atoms with Crippen molar-refractivity contribution in [1.82, 2.24) is 14.9 Å². The summed E-state index contributed by atoms with van der Waals surface area (Å²) in [6.07, 6.45) is 2.23. The molecule has 0 bridgehead atoms. The SMILES string of the molecule is COc1cc2nc(C)ncc2cc1C1(F)CCN(C(C)=O)CC1. The largest absolute Gasteiger partial charge is 0.496 e. The van der Waals surface area contributed by atoms with Crippen molar-refractivity contribution >= 4 is 16.8 Å². The van der Waals surface area contributed by atoms with Crippen molar-refractivity contribution in [3.8, 4) is 5.75 Å². The van der Waals surface area contributed by atoms with Gasteiger partial charge >= 0.3 is 0 Å². The molecule has 1 amide bonds. The number of amides is 1. The third-order valence-corrected chi connectivity index (χ3v) is 4.51. The monoisotopic (exact) mass is 317 g/mol. The van der Waals surface area contributed by atoms with Gasteiger partial charge < -0.3 is 9.64 Å². The summed E-state index contributed by atoms with van der Waals surface area (Å²) in [7, 11) is 1.53. The average Bonchev–Trinajstić information content (AvgIpc) is 2.53. The fourth-order valence-electron chi connectivity index (χ4n) is 3.12. The van der Waals surface area contributed by atoms with E-state index in [1.807, 2.05) is 6.92 Å². The smallest absolute Gasteiger partial charge is 0.219 e. The van der Waals surface area contributed by atoms with Crippen LogP contribution in [-0.4, -0.2) is 41.0 Å². The average molecular weight is 317 g/mol. The molecule has 122 valence electrons. The Morgan fingerprint density at radius 3 is 2.65 bits per heavy atom.